The van der Waals surface area contributed by atoms with Gasteiger partial charge in [0.2, 0.25) is 0 Å². The topological polar surface area (TPSA) is 61.8 Å². The van der Waals surface area contributed by atoms with E-state index in [0.717, 1.165) is 96.3 Å². The van der Waals surface area contributed by atoms with Crippen molar-refractivity contribution >= 4 is 11.9 Å². The Hall–Kier alpha value is -3.96. The number of rotatable bonds is 41. The Balaban J connectivity index is 4.47. The molecule has 0 aromatic rings. The third kappa shape index (κ3) is 46.7. The van der Waals surface area contributed by atoms with Gasteiger partial charge >= 0.3 is 11.9 Å². The zero-order valence-electron chi connectivity index (χ0n) is 38.4. The summed E-state index contributed by atoms with van der Waals surface area (Å²) in [5, 5.41) is 0. The van der Waals surface area contributed by atoms with E-state index in [9.17, 15) is 9.59 Å². The van der Waals surface area contributed by atoms with Crippen LogP contribution in [0.1, 0.15) is 175 Å². The summed E-state index contributed by atoms with van der Waals surface area (Å²) in [5.41, 5.74) is 0. The molecule has 336 valence electrons. The molecule has 0 saturated heterocycles. The van der Waals surface area contributed by atoms with Gasteiger partial charge < -0.3 is 14.2 Å². The molecule has 0 heterocycles. The fraction of sp³-hybridized carbons (Fsp3) is 0.564. The third-order valence-corrected chi connectivity index (χ3v) is 9.21. The first-order valence-corrected chi connectivity index (χ1v) is 23.7. The maximum atomic E-state index is 12.7. The smallest absolute Gasteiger partial charge is 0.306 e. The molecule has 0 saturated carbocycles. The van der Waals surface area contributed by atoms with Crippen LogP contribution >= 0.6 is 0 Å². The molecule has 0 aliphatic heterocycles. The molecule has 1 unspecified atom stereocenters. The Kier molecular flexibility index (Phi) is 46.1. The van der Waals surface area contributed by atoms with Crippen molar-refractivity contribution < 1.29 is 23.8 Å². The average Bonchev–Trinajstić information content (AvgIpc) is 3.25. The van der Waals surface area contributed by atoms with Crippen LogP contribution in [-0.2, 0) is 23.8 Å². The zero-order chi connectivity index (χ0) is 43.5. The van der Waals surface area contributed by atoms with Crippen molar-refractivity contribution in [2.45, 2.75) is 181 Å². The number of carbonyl (C=O) groups is 2. The van der Waals surface area contributed by atoms with Gasteiger partial charge in [0, 0.05) is 12.8 Å². The van der Waals surface area contributed by atoms with Gasteiger partial charge in [-0.2, -0.15) is 0 Å². The Labute approximate surface area is 369 Å². The first-order chi connectivity index (χ1) is 29.6. The summed E-state index contributed by atoms with van der Waals surface area (Å²) in [5.74, 6) is -0.549. The van der Waals surface area contributed by atoms with Gasteiger partial charge in [-0.3, -0.25) is 9.59 Å². The minimum absolute atomic E-state index is 0.00769. The molecule has 0 bridgehead atoms. The van der Waals surface area contributed by atoms with E-state index in [0.29, 0.717) is 19.4 Å². The Morgan fingerprint density at radius 1 is 0.383 bits per heavy atom. The number of hydrogen-bond donors (Lipinski definition) is 0. The summed E-state index contributed by atoms with van der Waals surface area (Å²) in [6.07, 6.45) is 70.6. The summed E-state index contributed by atoms with van der Waals surface area (Å²) in [6.45, 7) is 7.26. The summed E-state index contributed by atoms with van der Waals surface area (Å²) in [6, 6.07) is 0. The van der Waals surface area contributed by atoms with E-state index < -0.39 is 6.10 Å². The number of allylic oxidation sites excluding steroid dienone is 21. The standard InChI is InChI=1S/C55H86O5/c1-4-7-10-13-16-19-21-23-25-27-28-29-30-32-34-37-39-42-45-48-54(56)59-52-53(60-55(57)49-46-43-40-36-18-15-12-9-6-3)51-58-50-47-44-41-38-35-33-31-26-24-22-20-17-14-11-8-5-2/h7-8,10-11,16-17,19-20,23-26,28-29,32-35,39,41-42,44,53H,4-6,9,12-15,18,21-22,27,30-31,36-38,40,43,45-52H2,1-3H3/b10-7-,11-8-,19-16-,20-17-,25-23-,26-24-,29-28-,34-32-,35-33-,42-39-,44-41-. The van der Waals surface area contributed by atoms with Gasteiger partial charge in [-0.05, 0) is 89.9 Å². The molecular weight excluding hydrogens is 741 g/mol. The first kappa shape index (κ1) is 56.0. The predicted octanol–water partition coefficient (Wildman–Crippen LogP) is 16.0. The summed E-state index contributed by atoms with van der Waals surface area (Å²) >= 11 is 0. The second-order valence-corrected chi connectivity index (χ2v) is 14.9. The molecule has 0 N–H and O–H groups in total. The fourth-order valence-corrected chi connectivity index (χ4v) is 5.77. The molecule has 0 aromatic heterocycles. The summed E-state index contributed by atoms with van der Waals surface area (Å²) < 4.78 is 17.1. The summed E-state index contributed by atoms with van der Waals surface area (Å²) in [4.78, 5) is 25.2. The van der Waals surface area contributed by atoms with E-state index in [4.69, 9.17) is 14.2 Å². The number of unbranched alkanes of at least 4 members (excludes halogenated alkanes) is 8. The molecule has 0 aliphatic carbocycles. The fourth-order valence-electron chi connectivity index (χ4n) is 5.77. The molecule has 0 aliphatic rings. The molecular formula is C55H86O5. The van der Waals surface area contributed by atoms with Crippen molar-refractivity contribution in [3.8, 4) is 0 Å². The number of ether oxygens (including phenoxy) is 3. The van der Waals surface area contributed by atoms with Crippen LogP contribution in [0.25, 0.3) is 0 Å². The first-order valence-electron chi connectivity index (χ1n) is 23.7. The van der Waals surface area contributed by atoms with Crippen molar-refractivity contribution in [1.29, 1.82) is 0 Å². The lowest BCUT2D eigenvalue weighted by molar-refractivity contribution is -0.162. The SMILES string of the molecule is CC/C=C\C/C=C\C/C=C\C/C=C\C/C=C\C/C=C\CCC(=O)OCC(COCC/C=C\C/C=C\C/C=C\C/C=C\C/C=C\CC)OC(=O)CCCCCCCCCCC. The molecule has 5 heteroatoms. The van der Waals surface area contributed by atoms with Gasteiger partial charge in [-0.1, -0.05) is 206 Å². The molecule has 0 aromatic carbocycles. The second kappa shape index (κ2) is 49.4. The highest BCUT2D eigenvalue weighted by atomic mass is 16.6. The van der Waals surface area contributed by atoms with Crippen molar-refractivity contribution in [1.82, 2.24) is 0 Å². The van der Waals surface area contributed by atoms with E-state index in [1.807, 2.05) is 6.08 Å². The van der Waals surface area contributed by atoms with Crippen molar-refractivity contribution in [2.24, 2.45) is 0 Å². The van der Waals surface area contributed by atoms with Crippen LogP contribution < -0.4 is 0 Å². The largest absolute Gasteiger partial charge is 0.462 e. The van der Waals surface area contributed by atoms with Crippen LogP contribution in [0.4, 0.5) is 0 Å². The minimum Gasteiger partial charge on any atom is -0.462 e. The van der Waals surface area contributed by atoms with Gasteiger partial charge in [0.15, 0.2) is 6.10 Å². The van der Waals surface area contributed by atoms with E-state index in [2.05, 4.69) is 148 Å². The quantitative estimate of drug-likeness (QED) is 0.0349. The minimum atomic E-state index is -0.612. The lowest BCUT2D eigenvalue weighted by Crippen LogP contribution is -2.30. The molecule has 1 atom stereocenters. The zero-order valence-corrected chi connectivity index (χ0v) is 38.4. The highest BCUT2D eigenvalue weighted by Crippen LogP contribution is 2.12. The van der Waals surface area contributed by atoms with E-state index in [1.165, 1.54) is 38.5 Å². The number of hydrogen-bond acceptors (Lipinski definition) is 5. The van der Waals surface area contributed by atoms with Crippen LogP contribution in [0.2, 0.25) is 0 Å². The molecule has 5 nitrogen and oxygen atoms in total. The Morgan fingerprint density at radius 3 is 1.17 bits per heavy atom. The second-order valence-electron chi connectivity index (χ2n) is 14.9. The maximum absolute atomic E-state index is 12.7. The highest BCUT2D eigenvalue weighted by Gasteiger charge is 2.17. The molecule has 0 radical (unpaired) electrons. The summed E-state index contributed by atoms with van der Waals surface area (Å²) in [7, 11) is 0. The number of carbonyl (C=O) groups excluding carboxylic acids is 2. The Bertz CT molecular complexity index is 1300. The van der Waals surface area contributed by atoms with E-state index >= 15 is 0 Å². The molecule has 0 spiro atoms. The lowest BCUT2D eigenvalue weighted by atomic mass is 10.1. The van der Waals surface area contributed by atoms with Crippen LogP contribution in [0.5, 0.6) is 0 Å². The van der Waals surface area contributed by atoms with Crippen LogP contribution in [-0.4, -0.2) is 37.9 Å². The van der Waals surface area contributed by atoms with Gasteiger partial charge in [0.05, 0.1) is 13.2 Å². The van der Waals surface area contributed by atoms with Crippen LogP contribution in [0.15, 0.2) is 134 Å². The third-order valence-electron chi connectivity index (χ3n) is 9.21. The normalized spacial score (nSPS) is 13.4. The maximum Gasteiger partial charge on any atom is 0.306 e. The van der Waals surface area contributed by atoms with E-state index in [1.54, 1.807) is 0 Å². The van der Waals surface area contributed by atoms with Gasteiger partial charge in [0.25, 0.3) is 0 Å². The van der Waals surface area contributed by atoms with Gasteiger partial charge in [-0.25, -0.2) is 0 Å². The van der Waals surface area contributed by atoms with Crippen LogP contribution in [0, 0.1) is 0 Å². The van der Waals surface area contributed by atoms with Crippen LogP contribution in [0.3, 0.4) is 0 Å². The Morgan fingerprint density at radius 2 is 0.750 bits per heavy atom. The molecule has 0 amide bonds. The van der Waals surface area contributed by atoms with Crippen molar-refractivity contribution in [3.05, 3.63) is 134 Å². The predicted molar refractivity (Wildman–Crippen MR) is 260 cm³/mol. The highest BCUT2D eigenvalue weighted by molar-refractivity contribution is 5.70. The van der Waals surface area contributed by atoms with E-state index in [-0.39, 0.29) is 31.6 Å². The van der Waals surface area contributed by atoms with Crippen molar-refractivity contribution in [3.63, 3.8) is 0 Å². The lowest BCUT2D eigenvalue weighted by Gasteiger charge is -2.18. The average molecular weight is 827 g/mol. The number of esters is 2. The van der Waals surface area contributed by atoms with Gasteiger partial charge in [0.1, 0.15) is 6.61 Å². The molecule has 0 rings (SSSR count). The van der Waals surface area contributed by atoms with Gasteiger partial charge in [-0.15, -0.1) is 0 Å². The molecule has 0 fully saturated rings. The molecule has 60 heavy (non-hydrogen) atoms. The van der Waals surface area contributed by atoms with Crippen molar-refractivity contribution in [2.75, 3.05) is 19.8 Å². The monoisotopic (exact) mass is 827 g/mol.